The second-order valence-corrected chi connectivity index (χ2v) is 7.01. The number of nitrogens with one attached hydrogen (secondary N) is 1. The summed E-state index contributed by atoms with van der Waals surface area (Å²) in [7, 11) is 0. The third-order valence-electron chi connectivity index (χ3n) is 3.73. The van der Waals surface area contributed by atoms with Gasteiger partial charge in [-0.05, 0) is 30.4 Å². The van der Waals surface area contributed by atoms with E-state index < -0.39 is 17.8 Å². The lowest BCUT2D eigenvalue weighted by atomic mass is 10.2. The van der Waals surface area contributed by atoms with Crippen molar-refractivity contribution in [2.24, 2.45) is 5.92 Å². The van der Waals surface area contributed by atoms with Crippen LogP contribution in [0.4, 0.5) is 13.2 Å². The van der Waals surface area contributed by atoms with E-state index in [2.05, 4.69) is 20.6 Å². The van der Waals surface area contributed by atoms with E-state index in [0.29, 0.717) is 11.5 Å². The number of alkyl halides is 3. The summed E-state index contributed by atoms with van der Waals surface area (Å²) in [5.74, 6) is -0.533. The summed E-state index contributed by atoms with van der Waals surface area (Å²) in [5.41, 5.74) is -0.527. The first-order chi connectivity index (χ1) is 12.7. The van der Waals surface area contributed by atoms with Gasteiger partial charge in [0.2, 0.25) is 5.82 Å². The third kappa shape index (κ3) is 4.54. The van der Waals surface area contributed by atoms with Crippen molar-refractivity contribution >= 4 is 17.2 Å². The van der Waals surface area contributed by atoms with Crippen LogP contribution < -0.4 is 5.32 Å². The fourth-order valence-electron chi connectivity index (χ4n) is 2.36. The highest BCUT2D eigenvalue weighted by Gasteiger charge is 2.34. The number of halogens is 3. The number of thiophene rings is 1. The molecule has 0 saturated carbocycles. The molecule has 3 aromatic heterocycles. The highest BCUT2D eigenvalue weighted by molar-refractivity contribution is 7.13. The van der Waals surface area contributed by atoms with E-state index in [0.717, 1.165) is 10.9 Å². The molecule has 0 spiro atoms. The second kappa shape index (κ2) is 7.51. The number of aryl methyl sites for hydroxylation is 1. The van der Waals surface area contributed by atoms with Gasteiger partial charge in [0.05, 0.1) is 4.88 Å². The summed E-state index contributed by atoms with van der Waals surface area (Å²) >= 11 is 1.42. The normalized spacial score (nSPS) is 12.9. The van der Waals surface area contributed by atoms with E-state index in [1.165, 1.54) is 16.0 Å². The maximum atomic E-state index is 12.7. The molecule has 11 heteroatoms. The molecule has 1 atom stereocenters. The Hall–Kier alpha value is -2.69. The van der Waals surface area contributed by atoms with Crippen molar-refractivity contribution in [2.75, 3.05) is 6.54 Å². The quantitative estimate of drug-likeness (QED) is 0.687. The van der Waals surface area contributed by atoms with Crippen molar-refractivity contribution in [2.45, 2.75) is 26.6 Å². The lowest BCUT2D eigenvalue weighted by Crippen LogP contribution is -2.30. The smallest absolute Gasteiger partial charge is 0.347 e. The van der Waals surface area contributed by atoms with Gasteiger partial charge in [-0.15, -0.1) is 11.3 Å². The molecule has 27 heavy (non-hydrogen) atoms. The van der Waals surface area contributed by atoms with Crippen molar-refractivity contribution in [3.63, 3.8) is 0 Å². The van der Waals surface area contributed by atoms with Crippen LogP contribution in [0.2, 0.25) is 0 Å². The van der Waals surface area contributed by atoms with Crippen LogP contribution in [-0.2, 0) is 12.7 Å². The molecule has 3 heterocycles. The molecule has 0 radical (unpaired) electrons. The molecule has 0 fully saturated rings. The lowest BCUT2D eigenvalue weighted by molar-refractivity contribution is -0.141. The molecule has 0 aliphatic carbocycles. The molecule has 3 aromatic rings. The topological polar surface area (TPSA) is 85.8 Å². The Kier molecular flexibility index (Phi) is 5.31. The number of hydrogen-bond donors (Lipinski definition) is 1. The molecule has 0 aliphatic heterocycles. The van der Waals surface area contributed by atoms with Crippen molar-refractivity contribution in [1.29, 1.82) is 0 Å². The summed E-state index contributed by atoms with van der Waals surface area (Å²) in [6, 6.07) is 4.63. The van der Waals surface area contributed by atoms with Gasteiger partial charge >= 0.3 is 18.0 Å². The van der Waals surface area contributed by atoms with Crippen LogP contribution in [0.25, 0.3) is 10.7 Å². The highest BCUT2D eigenvalue weighted by Crippen LogP contribution is 2.28. The van der Waals surface area contributed by atoms with Gasteiger partial charge in [0, 0.05) is 18.8 Å². The van der Waals surface area contributed by atoms with E-state index >= 15 is 0 Å². The fourth-order valence-corrected chi connectivity index (χ4v) is 3.01. The maximum absolute atomic E-state index is 12.7. The molecule has 7 nitrogen and oxygen atoms in total. The zero-order valence-electron chi connectivity index (χ0n) is 14.4. The summed E-state index contributed by atoms with van der Waals surface area (Å²) in [6.45, 7) is 3.79. The minimum absolute atomic E-state index is 0.159. The lowest BCUT2D eigenvalue weighted by Gasteiger charge is -2.13. The first kappa shape index (κ1) is 19.1. The first-order valence-electron chi connectivity index (χ1n) is 8.01. The molecular formula is C16H16F3N5O2S. The van der Waals surface area contributed by atoms with Crippen LogP contribution in [0.15, 0.2) is 28.1 Å². The van der Waals surface area contributed by atoms with Crippen molar-refractivity contribution in [3.05, 3.63) is 40.9 Å². The molecule has 0 aliphatic rings. The zero-order chi connectivity index (χ0) is 19.6. The molecule has 1 amide bonds. The predicted molar refractivity (Wildman–Crippen MR) is 91.1 cm³/mol. The molecular weight excluding hydrogens is 383 g/mol. The van der Waals surface area contributed by atoms with Crippen molar-refractivity contribution in [3.8, 4) is 10.7 Å². The highest BCUT2D eigenvalue weighted by atomic mass is 32.1. The number of amides is 1. The van der Waals surface area contributed by atoms with E-state index in [9.17, 15) is 18.0 Å². The minimum Gasteiger partial charge on any atom is -0.347 e. The van der Waals surface area contributed by atoms with E-state index in [1.807, 2.05) is 11.4 Å². The molecule has 0 saturated heterocycles. The van der Waals surface area contributed by atoms with Gasteiger partial charge in [-0.1, -0.05) is 18.1 Å². The number of rotatable bonds is 6. The Morgan fingerprint density at radius 3 is 2.85 bits per heavy atom. The molecule has 0 aromatic carbocycles. The number of aromatic nitrogens is 4. The average Bonchev–Trinajstić information content (AvgIpc) is 3.32. The van der Waals surface area contributed by atoms with Gasteiger partial charge in [-0.3, -0.25) is 9.48 Å². The van der Waals surface area contributed by atoms with Crippen LogP contribution in [-0.4, -0.2) is 32.4 Å². The van der Waals surface area contributed by atoms with Crippen LogP contribution in [0, 0.1) is 12.8 Å². The summed E-state index contributed by atoms with van der Waals surface area (Å²) in [4.78, 5) is 16.9. The van der Waals surface area contributed by atoms with Gasteiger partial charge in [-0.2, -0.15) is 23.3 Å². The molecule has 0 unspecified atom stereocenters. The summed E-state index contributed by atoms with van der Waals surface area (Å²) < 4.78 is 44.4. The van der Waals surface area contributed by atoms with Crippen LogP contribution in [0.5, 0.6) is 0 Å². The number of nitrogens with zero attached hydrogens (tertiary/aromatic N) is 4. The predicted octanol–water partition coefficient (Wildman–Crippen LogP) is 3.39. The Labute approximate surface area is 156 Å². The van der Waals surface area contributed by atoms with Gasteiger partial charge < -0.3 is 9.84 Å². The second-order valence-electron chi connectivity index (χ2n) is 6.07. The van der Waals surface area contributed by atoms with E-state index in [4.69, 9.17) is 4.52 Å². The molecule has 1 N–H and O–H groups in total. The average molecular weight is 399 g/mol. The number of carbonyl (C=O) groups is 1. The molecule has 144 valence electrons. The van der Waals surface area contributed by atoms with Crippen molar-refractivity contribution < 1.29 is 22.5 Å². The summed E-state index contributed by atoms with van der Waals surface area (Å²) in [5, 5.41) is 11.8. The first-order valence-corrected chi connectivity index (χ1v) is 8.89. The number of hydrogen-bond acceptors (Lipinski definition) is 6. The Morgan fingerprint density at radius 2 is 2.22 bits per heavy atom. The maximum Gasteiger partial charge on any atom is 0.435 e. The van der Waals surface area contributed by atoms with Gasteiger partial charge in [0.25, 0.3) is 0 Å². The van der Waals surface area contributed by atoms with E-state index in [-0.39, 0.29) is 24.9 Å². The Morgan fingerprint density at radius 1 is 1.44 bits per heavy atom. The van der Waals surface area contributed by atoms with Gasteiger partial charge in [0.1, 0.15) is 0 Å². The summed E-state index contributed by atoms with van der Waals surface area (Å²) in [6.07, 6.45) is -4.48. The number of carbonyl (C=O) groups excluding carboxylic acids is 1. The minimum atomic E-state index is -4.48. The Balaban J connectivity index is 1.55. The van der Waals surface area contributed by atoms with Crippen LogP contribution in [0.1, 0.15) is 29.0 Å². The largest absolute Gasteiger partial charge is 0.435 e. The van der Waals surface area contributed by atoms with Gasteiger partial charge in [0.15, 0.2) is 5.69 Å². The molecule has 0 bridgehead atoms. The SMILES string of the molecule is Cc1cc(C(F)(F)F)nn1C[C@@H](C)CNC(=O)c1nc(-c2cccs2)no1. The third-order valence-corrected chi connectivity index (χ3v) is 4.59. The Bertz CT molecular complexity index is 917. The van der Waals surface area contributed by atoms with Crippen LogP contribution >= 0.6 is 11.3 Å². The standard InChI is InChI=1S/C16H16F3N5O2S/c1-9(8-24-10(2)6-12(22-24)16(17,18)19)7-20-14(25)15-21-13(23-26-15)11-4-3-5-27-11/h3-6,9H,7-8H2,1-2H3,(H,20,25)/t9-/m0/s1. The van der Waals surface area contributed by atoms with Crippen LogP contribution in [0.3, 0.4) is 0 Å². The zero-order valence-corrected chi connectivity index (χ0v) is 15.3. The fraction of sp³-hybridized carbons (Fsp3) is 0.375. The van der Waals surface area contributed by atoms with Gasteiger partial charge in [-0.25, -0.2) is 0 Å². The molecule has 3 rings (SSSR count). The van der Waals surface area contributed by atoms with Crippen molar-refractivity contribution in [1.82, 2.24) is 25.2 Å². The monoisotopic (exact) mass is 399 g/mol. The van der Waals surface area contributed by atoms with E-state index in [1.54, 1.807) is 19.9 Å².